The molecule has 0 aromatic heterocycles. The lowest BCUT2D eigenvalue weighted by Crippen LogP contribution is -2.44. The van der Waals surface area contributed by atoms with Crippen LogP contribution < -0.4 is 0 Å². The monoisotopic (exact) mass is 274 g/mol. The Morgan fingerprint density at radius 1 is 1.40 bits per heavy atom. The van der Waals surface area contributed by atoms with Crippen molar-refractivity contribution in [2.45, 2.75) is 38.4 Å². The number of aliphatic carboxylic acids is 1. The van der Waals surface area contributed by atoms with Crippen LogP contribution in [0.25, 0.3) is 0 Å². The number of carboxylic acids is 1. The first-order valence-corrected chi connectivity index (χ1v) is 6.05. The fourth-order valence-corrected chi connectivity index (χ4v) is 4.93. The van der Waals surface area contributed by atoms with Crippen molar-refractivity contribution in [3.05, 3.63) is 0 Å². The van der Waals surface area contributed by atoms with Gasteiger partial charge in [-0.3, -0.25) is 9.59 Å². The van der Waals surface area contributed by atoms with Crippen LogP contribution in [0, 0.1) is 16.2 Å². The third kappa shape index (κ3) is 0.846. The molecule has 84 valence electrons. The van der Waals surface area contributed by atoms with Crippen molar-refractivity contribution in [3.63, 3.8) is 0 Å². The van der Waals surface area contributed by atoms with Gasteiger partial charge in [-0.05, 0) is 18.3 Å². The average Bonchev–Trinajstić information content (AvgIpc) is 2.39. The predicted molar refractivity (Wildman–Crippen MR) is 58.9 cm³/mol. The lowest BCUT2D eigenvalue weighted by molar-refractivity contribution is -0.153. The molecule has 1 N–H and O–H groups in total. The van der Waals surface area contributed by atoms with E-state index in [-0.39, 0.29) is 5.78 Å². The number of halogens is 1. The number of carboxylic acid groups (broad SMARTS) is 1. The molecule has 3 nitrogen and oxygen atoms in total. The van der Waals surface area contributed by atoms with Crippen molar-refractivity contribution in [1.82, 2.24) is 0 Å². The minimum absolute atomic E-state index is 0.0566. The fourth-order valence-electron chi connectivity index (χ4n) is 3.43. The first-order valence-electron chi connectivity index (χ1n) is 5.13. The predicted octanol–water partition coefficient (Wildman–Crippen LogP) is 2.23. The Hall–Kier alpha value is -0.380. The van der Waals surface area contributed by atoms with Crippen LogP contribution in [-0.4, -0.2) is 21.7 Å². The molecule has 0 amide bonds. The molecule has 2 rings (SSSR count). The van der Waals surface area contributed by atoms with E-state index in [1.165, 1.54) is 0 Å². The van der Waals surface area contributed by atoms with E-state index in [4.69, 9.17) is 0 Å². The van der Waals surface area contributed by atoms with E-state index >= 15 is 0 Å². The van der Waals surface area contributed by atoms with E-state index in [1.807, 2.05) is 20.8 Å². The number of Topliss-reactive ketones (excluding diaryl/α,β-unsaturated/α-hetero) is 1. The molecule has 0 heterocycles. The zero-order chi connectivity index (χ0) is 11.6. The molecule has 15 heavy (non-hydrogen) atoms. The molecular formula is C11H15BrO3. The van der Waals surface area contributed by atoms with Crippen molar-refractivity contribution in [3.8, 4) is 0 Å². The van der Waals surface area contributed by atoms with E-state index in [2.05, 4.69) is 15.9 Å². The zero-order valence-electron chi connectivity index (χ0n) is 9.13. The van der Waals surface area contributed by atoms with Crippen molar-refractivity contribution in [2.24, 2.45) is 16.2 Å². The molecule has 2 aliphatic carbocycles. The number of hydrogen-bond donors (Lipinski definition) is 1. The molecule has 0 aromatic rings. The molecule has 2 bridgehead atoms. The maximum Gasteiger partial charge on any atom is 0.311 e. The summed E-state index contributed by atoms with van der Waals surface area (Å²) < 4.78 is 0. The maximum atomic E-state index is 12.1. The molecule has 3 atom stereocenters. The Labute approximate surface area is 97.4 Å². The standard InChI is InChI=1S/C11H15BrO3/c1-9(2)10(3)4-5-11(9,8(14)15)6(12)7(10)13/h6H,4-5H2,1-3H3,(H,14,15)/t6-,10+,11-/m1/s1. The van der Waals surface area contributed by atoms with E-state index in [0.29, 0.717) is 12.8 Å². The molecule has 0 spiro atoms. The number of carbonyl (C=O) groups is 2. The van der Waals surface area contributed by atoms with Crippen LogP contribution >= 0.6 is 15.9 Å². The van der Waals surface area contributed by atoms with Gasteiger partial charge in [0, 0.05) is 5.41 Å². The van der Waals surface area contributed by atoms with E-state index < -0.39 is 27.0 Å². The Kier molecular flexibility index (Phi) is 1.96. The number of carbonyl (C=O) groups excluding carboxylic acids is 1. The third-order valence-corrected chi connectivity index (χ3v) is 6.30. The fraction of sp³-hybridized carbons (Fsp3) is 0.818. The smallest absolute Gasteiger partial charge is 0.311 e. The highest BCUT2D eigenvalue weighted by Gasteiger charge is 2.77. The summed E-state index contributed by atoms with van der Waals surface area (Å²) in [5, 5.41) is 9.45. The van der Waals surface area contributed by atoms with Crippen LogP contribution in [0.1, 0.15) is 33.6 Å². The SMILES string of the molecule is CC1(C)[C@@]2(C)CC[C@]1(C(=O)O)[C@H](Br)C2=O. The lowest BCUT2D eigenvalue weighted by Gasteiger charge is -2.37. The average molecular weight is 275 g/mol. The van der Waals surface area contributed by atoms with Crippen molar-refractivity contribution in [1.29, 1.82) is 0 Å². The molecule has 0 aliphatic heterocycles. The summed E-state index contributed by atoms with van der Waals surface area (Å²) in [5.41, 5.74) is -1.88. The Morgan fingerprint density at radius 2 is 1.93 bits per heavy atom. The summed E-state index contributed by atoms with van der Waals surface area (Å²) >= 11 is 3.30. The number of fused-ring (bicyclic) bond motifs is 2. The van der Waals surface area contributed by atoms with Crippen molar-refractivity contribution < 1.29 is 14.7 Å². The number of hydrogen-bond acceptors (Lipinski definition) is 2. The van der Waals surface area contributed by atoms with Gasteiger partial charge < -0.3 is 5.11 Å². The molecule has 2 fully saturated rings. The first kappa shape index (κ1) is 11.1. The summed E-state index contributed by atoms with van der Waals surface area (Å²) in [4.78, 5) is 23.1. The summed E-state index contributed by atoms with van der Waals surface area (Å²) in [6.07, 6.45) is 1.28. The number of ketones is 1. The van der Waals surface area contributed by atoms with Gasteiger partial charge in [0.2, 0.25) is 0 Å². The second-order valence-electron chi connectivity index (χ2n) is 5.46. The molecule has 0 unspecified atom stereocenters. The van der Waals surface area contributed by atoms with Crippen LogP contribution in [0.4, 0.5) is 0 Å². The number of rotatable bonds is 1. The van der Waals surface area contributed by atoms with Crippen LogP contribution in [0.3, 0.4) is 0 Å². The summed E-state index contributed by atoms with van der Waals surface area (Å²) in [6, 6.07) is 0. The summed E-state index contributed by atoms with van der Waals surface area (Å²) in [6.45, 7) is 5.72. The molecule has 0 radical (unpaired) electrons. The van der Waals surface area contributed by atoms with Crippen molar-refractivity contribution in [2.75, 3.05) is 0 Å². The topological polar surface area (TPSA) is 54.4 Å². The van der Waals surface area contributed by atoms with Gasteiger partial charge in [-0.25, -0.2) is 0 Å². The Bertz CT molecular complexity index is 363. The molecule has 2 saturated carbocycles. The Morgan fingerprint density at radius 3 is 2.20 bits per heavy atom. The molecular weight excluding hydrogens is 260 g/mol. The van der Waals surface area contributed by atoms with Gasteiger partial charge in [-0.1, -0.05) is 36.7 Å². The largest absolute Gasteiger partial charge is 0.481 e. The molecule has 0 aromatic carbocycles. The summed E-state index contributed by atoms with van der Waals surface area (Å²) in [7, 11) is 0. The third-order valence-electron chi connectivity index (χ3n) is 5.10. The van der Waals surface area contributed by atoms with Crippen LogP contribution in [0.15, 0.2) is 0 Å². The van der Waals surface area contributed by atoms with E-state index in [9.17, 15) is 14.7 Å². The minimum Gasteiger partial charge on any atom is -0.481 e. The normalized spacial score (nSPS) is 47.2. The van der Waals surface area contributed by atoms with Gasteiger partial charge in [0.25, 0.3) is 0 Å². The van der Waals surface area contributed by atoms with E-state index in [1.54, 1.807) is 0 Å². The highest BCUT2D eigenvalue weighted by atomic mass is 79.9. The van der Waals surface area contributed by atoms with Gasteiger partial charge in [0.1, 0.15) is 0 Å². The highest BCUT2D eigenvalue weighted by molar-refractivity contribution is 9.10. The quantitative estimate of drug-likeness (QED) is 0.746. The van der Waals surface area contributed by atoms with Gasteiger partial charge in [-0.2, -0.15) is 0 Å². The zero-order valence-corrected chi connectivity index (χ0v) is 10.7. The minimum atomic E-state index is -0.918. The van der Waals surface area contributed by atoms with Gasteiger partial charge in [0.15, 0.2) is 5.78 Å². The van der Waals surface area contributed by atoms with E-state index in [0.717, 1.165) is 0 Å². The highest BCUT2D eigenvalue weighted by Crippen LogP contribution is 2.72. The van der Waals surface area contributed by atoms with Crippen LogP contribution in [0.2, 0.25) is 0 Å². The Balaban J connectivity index is 2.68. The molecule has 2 aliphatic rings. The van der Waals surface area contributed by atoms with Crippen LogP contribution in [0.5, 0.6) is 0 Å². The van der Waals surface area contributed by atoms with Gasteiger partial charge in [0.05, 0.1) is 10.2 Å². The van der Waals surface area contributed by atoms with Crippen molar-refractivity contribution >= 4 is 27.7 Å². The van der Waals surface area contributed by atoms with Gasteiger partial charge >= 0.3 is 5.97 Å². The van der Waals surface area contributed by atoms with Gasteiger partial charge in [-0.15, -0.1) is 0 Å². The molecule has 4 heteroatoms. The lowest BCUT2D eigenvalue weighted by atomic mass is 9.65. The second-order valence-corrected chi connectivity index (χ2v) is 6.38. The second kappa shape index (κ2) is 2.65. The number of alkyl halides is 1. The summed E-state index contributed by atoms with van der Waals surface area (Å²) in [5.74, 6) is -0.787. The van der Waals surface area contributed by atoms with Crippen LogP contribution in [-0.2, 0) is 9.59 Å². The first-order chi connectivity index (χ1) is 6.72. The molecule has 0 saturated heterocycles. The maximum absolute atomic E-state index is 12.1.